The van der Waals surface area contributed by atoms with Gasteiger partial charge in [0.1, 0.15) is 5.75 Å². The van der Waals surface area contributed by atoms with E-state index in [1.807, 2.05) is 0 Å². The third-order valence-corrected chi connectivity index (χ3v) is 2.28. The van der Waals surface area contributed by atoms with Gasteiger partial charge in [0.15, 0.2) is 0 Å². The van der Waals surface area contributed by atoms with Crippen LogP contribution in [0.15, 0.2) is 24.3 Å². The van der Waals surface area contributed by atoms with Crippen LogP contribution in [0.25, 0.3) is 0 Å². The van der Waals surface area contributed by atoms with Crippen molar-refractivity contribution in [2.75, 3.05) is 0 Å². The van der Waals surface area contributed by atoms with Gasteiger partial charge in [-0.25, -0.2) is 0 Å². The van der Waals surface area contributed by atoms with Gasteiger partial charge in [0.05, 0.1) is 6.61 Å². The molecule has 0 saturated carbocycles. The van der Waals surface area contributed by atoms with Crippen LogP contribution in [0.3, 0.4) is 0 Å². The average Bonchev–Trinajstić information content (AvgIpc) is 2.42. The van der Waals surface area contributed by atoms with E-state index in [-0.39, 0.29) is 12.4 Å². The molecule has 0 aliphatic rings. The standard InChI is InChI=1S/C12H7F4NO2/c13-8-10(9(14)12(16)17-11(8)15)19-7-3-1-6(5-18)2-4-7/h1-4,18H,5H2. The summed E-state index contributed by atoms with van der Waals surface area (Å²) in [5, 5.41) is 8.81. The van der Waals surface area contributed by atoms with Crippen LogP contribution in [0.2, 0.25) is 0 Å². The fraction of sp³-hybridized carbons (Fsp3) is 0.0833. The first-order chi connectivity index (χ1) is 9.02. The van der Waals surface area contributed by atoms with Crippen molar-refractivity contribution in [2.45, 2.75) is 6.61 Å². The molecule has 19 heavy (non-hydrogen) atoms. The van der Waals surface area contributed by atoms with E-state index in [0.29, 0.717) is 5.56 Å². The van der Waals surface area contributed by atoms with Crippen molar-refractivity contribution in [2.24, 2.45) is 0 Å². The van der Waals surface area contributed by atoms with Crippen LogP contribution in [0.4, 0.5) is 17.6 Å². The summed E-state index contributed by atoms with van der Waals surface area (Å²) in [6.45, 7) is -0.221. The second-order valence-electron chi connectivity index (χ2n) is 3.55. The predicted molar refractivity (Wildman–Crippen MR) is 56.5 cm³/mol. The van der Waals surface area contributed by atoms with Crippen molar-refractivity contribution in [1.29, 1.82) is 0 Å². The normalized spacial score (nSPS) is 10.6. The third kappa shape index (κ3) is 2.65. The van der Waals surface area contributed by atoms with Gasteiger partial charge in [0, 0.05) is 0 Å². The monoisotopic (exact) mass is 273 g/mol. The number of rotatable bonds is 3. The summed E-state index contributed by atoms with van der Waals surface area (Å²) in [5.41, 5.74) is 0.542. The number of hydrogen-bond donors (Lipinski definition) is 1. The number of benzene rings is 1. The lowest BCUT2D eigenvalue weighted by Gasteiger charge is -2.08. The lowest BCUT2D eigenvalue weighted by Crippen LogP contribution is -2.03. The highest BCUT2D eigenvalue weighted by atomic mass is 19.2. The van der Waals surface area contributed by atoms with Gasteiger partial charge in [-0.2, -0.15) is 22.5 Å². The molecule has 1 aromatic heterocycles. The van der Waals surface area contributed by atoms with E-state index in [9.17, 15) is 17.6 Å². The summed E-state index contributed by atoms with van der Waals surface area (Å²) in [5.74, 6) is -8.27. The number of aliphatic hydroxyl groups excluding tert-OH is 1. The van der Waals surface area contributed by atoms with E-state index < -0.39 is 29.3 Å². The average molecular weight is 273 g/mol. The van der Waals surface area contributed by atoms with Crippen LogP contribution in [0, 0.1) is 23.5 Å². The Bertz CT molecular complexity index is 575. The predicted octanol–water partition coefficient (Wildman–Crippen LogP) is 2.92. The zero-order chi connectivity index (χ0) is 14.0. The molecule has 0 saturated heterocycles. The molecule has 0 unspecified atom stereocenters. The molecule has 1 aromatic carbocycles. The number of nitrogens with zero attached hydrogens (tertiary/aromatic N) is 1. The molecule has 7 heteroatoms. The molecule has 0 amide bonds. The van der Waals surface area contributed by atoms with Gasteiger partial charge >= 0.3 is 0 Å². The summed E-state index contributed by atoms with van der Waals surface area (Å²) >= 11 is 0. The Kier molecular flexibility index (Phi) is 3.66. The maximum Gasteiger partial charge on any atom is 0.255 e. The highest BCUT2D eigenvalue weighted by Crippen LogP contribution is 2.29. The molecule has 0 spiro atoms. The minimum atomic E-state index is -1.79. The number of halogens is 4. The topological polar surface area (TPSA) is 42.4 Å². The molecule has 0 atom stereocenters. The van der Waals surface area contributed by atoms with E-state index in [1.54, 1.807) is 0 Å². The number of aliphatic hydroxyl groups is 1. The second kappa shape index (κ2) is 5.23. The fourth-order valence-electron chi connectivity index (χ4n) is 1.34. The molecule has 1 heterocycles. The van der Waals surface area contributed by atoms with Crippen LogP contribution in [-0.2, 0) is 6.61 Å². The molecule has 0 bridgehead atoms. The zero-order valence-electron chi connectivity index (χ0n) is 9.33. The first-order valence-corrected chi connectivity index (χ1v) is 5.10. The first-order valence-electron chi connectivity index (χ1n) is 5.10. The second-order valence-corrected chi connectivity index (χ2v) is 3.55. The highest BCUT2D eigenvalue weighted by molar-refractivity contribution is 5.34. The van der Waals surface area contributed by atoms with Gasteiger partial charge in [-0.15, -0.1) is 0 Å². The number of hydrogen-bond acceptors (Lipinski definition) is 3. The summed E-state index contributed by atoms with van der Waals surface area (Å²) < 4.78 is 56.9. The van der Waals surface area contributed by atoms with E-state index in [2.05, 4.69) is 4.98 Å². The van der Waals surface area contributed by atoms with Gasteiger partial charge in [-0.1, -0.05) is 12.1 Å². The van der Waals surface area contributed by atoms with E-state index in [0.717, 1.165) is 0 Å². The molecule has 1 N–H and O–H groups in total. The third-order valence-electron chi connectivity index (χ3n) is 2.28. The Balaban J connectivity index is 2.37. The smallest absolute Gasteiger partial charge is 0.255 e. The first kappa shape index (κ1) is 13.3. The van der Waals surface area contributed by atoms with Gasteiger partial charge < -0.3 is 9.84 Å². The quantitative estimate of drug-likeness (QED) is 0.690. The highest BCUT2D eigenvalue weighted by Gasteiger charge is 2.22. The Morgan fingerprint density at radius 3 is 1.95 bits per heavy atom. The molecular weight excluding hydrogens is 266 g/mol. The molecule has 2 rings (SSSR count). The van der Waals surface area contributed by atoms with E-state index >= 15 is 0 Å². The molecule has 0 fully saturated rings. The van der Waals surface area contributed by atoms with E-state index in [4.69, 9.17) is 9.84 Å². The fourth-order valence-corrected chi connectivity index (χ4v) is 1.34. The molecular formula is C12H7F4NO2. The molecule has 2 aromatic rings. The number of ether oxygens (including phenoxy) is 1. The minimum Gasteiger partial charge on any atom is -0.451 e. The molecule has 0 aliphatic carbocycles. The Hall–Kier alpha value is -2.15. The van der Waals surface area contributed by atoms with Crippen molar-refractivity contribution in [3.63, 3.8) is 0 Å². The van der Waals surface area contributed by atoms with Crippen molar-refractivity contribution < 1.29 is 27.4 Å². The van der Waals surface area contributed by atoms with Crippen molar-refractivity contribution in [3.05, 3.63) is 53.4 Å². The van der Waals surface area contributed by atoms with E-state index in [1.165, 1.54) is 24.3 Å². The van der Waals surface area contributed by atoms with Crippen LogP contribution in [0.1, 0.15) is 5.56 Å². The molecule has 100 valence electrons. The van der Waals surface area contributed by atoms with Gasteiger partial charge in [-0.05, 0) is 17.7 Å². The maximum atomic E-state index is 13.3. The lowest BCUT2D eigenvalue weighted by atomic mass is 10.2. The van der Waals surface area contributed by atoms with Gasteiger partial charge in [-0.3, -0.25) is 0 Å². The van der Waals surface area contributed by atoms with Gasteiger partial charge in [0.2, 0.25) is 17.4 Å². The van der Waals surface area contributed by atoms with Crippen molar-refractivity contribution >= 4 is 0 Å². The number of pyridine rings is 1. The Morgan fingerprint density at radius 1 is 0.947 bits per heavy atom. The van der Waals surface area contributed by atoms with Crippen LogP contribution in [-0.4, -0.2) is 10.1 Å². The van der Waals surface area contributed by atoms with Crippen molar-refractivity contribution in [3.8, 4) is 11.5 Å². The zero-order valence-corrected chi connectivity index (χ0v) is 9.33. The SMILES string of the molecule is OCc1ccc(Oc2c(F)c(F)nc(F)c2F)cc1. The molecule has 0 radical (unpaired) electrons. The Morgan fingerprint density at radius 2 is 1.47 bits per heavy atom. The van der Waals surface area contributed by atoms with Crippen LogP contribution < -0.4 is 4.74 Å². The molecule has 3 nitrogen and oxygen atoms in total. The largest absolute Gasteiger partial charge is 0.451 e. The summed E-state index contributed by atoms with van der Waals surface area (Å²) in [6, 6.07) is 5.44. The Labute approximate surface area is 105 Å². The molecule has 0 aliphatic heterocycles. The minimum absolute atomic E-state index is 0.0417. The summed E-state index contributed by atoms with van der Waals surface area (Å²) in [4.78, 5) is 2.41. The summed E-state index contributed by atoms with van der Waals surface area (Å²) in [7, 11) is 0. The maximum absolute atomic E-state index is 13.3. The lowest BCUT2D eigenvalue weighted by molar-refractivity contribution is 0.281. The van der Waals surface area contributed by atoms with Crippen LogP contribution >= 0.6 is 0 Å². The summed E-state index contributed by atoms with van der Waals surface area (Å²) in [6.07, 6.45) is 0. The van der Waals surface area contributed by atoms with Crippen molar-refractivity contribution in [1.82, 2.24) is 4.98 Å². The van der Waals surface area contributed by atoms with Crippen LogP contribution in [0.5, 0.6) is 11.5 Å². The number of aromatic nitrogens is 1. The van der Waals surface area contributed by atoms with Gasteiger partial charge in [0.25, 0.3) is 11.9 Å².